The lowest BCUT2D eigenvalue weighted by Crippen LogP contribution is -2.47. The molecule has 39 heavy (non-hydrogen) atoms. The number of rotatable bonds is 9. The Hall–Kier alpha value is -4.40. The van der Waals surface area contributed by atoms with Gasteiger partial charge in [0.1, 0.15) is 29.6 Å². The molecule has 2 N–H and O–H groups in total. The molecule has 1 aliphatic carbocycles. The summed E-state index contributed by atoms with van der Waals surface area (Å²) in [5.41, 5.74) is 2.86. The van der Waals surface area contributed by atoms with E-state index >= 15 is 0 Å². The van der Waals surface area contributed by atoms with Gasteiger partial charge in [0.15, 0.2) is 0 Å². The van der Waals surface area contributed by atoms with Gasteiger partial charge in [0, 0.05) is 12.6 Å². The standard InChI is InChI=1S/C30H33N5O4/c1-39-25-11-7-8-21(18-25)19-34(28(37)20-35-27-13-6-5-12-26(27)32-33-35)29(22-14-16-24(36)17-15-22)30(38)31-23-9-3-2-4-10-23/h5-8,11-18,23,29,36H,2-4,9-10,19-20H2,1H3,(H,31,38)/t29-/m1/s1. The van der Waals surface area contributed by atoms with Crippen LogP contribution >= 0.6 is 0 Å². The molecule has 1 aliphatic rings. The van der Waals surface area contributed by atoms with Gasteiger partial charge in [-0.15, -0.1) is 5.10 Å². The molecule has 0 spiro atoms. The van der Waals surface area contributed by atoms with Crippen LogP contribution in [0.5, 0.6) is 11.5 Å². The van der Waals surface area contributed by atoms with Crippen LogP contribution in [0.2, 0.25) is 0 Å². The number of amides is 2. The van der Waals surface area contributed by atoms with Crippen LogP contribution in [-0.2, 0) is 22.7 Å². The lowest BCUT2D eigenvalue weighted by molar-refractivity contribution is -0.142. The van der Waals surface area contributed by atoms with E-state index in [2.05, 4.69) is 15.6 Å². The topological polar surface area (TPSA) is 110 Å². The summed E-state index contributed by atoms with van der Waals surface area (Å²) < 4.78 is 6.96. The number of phenols is 1. The molecule has 2 amide bonds. The van der Waals surface area contributed by atoms with E-state index in [0.29, 0.717) is 16.8 Å². The maximum absolute atomic E-state index is 14.1. The number of aromatic hydroxyl groups is 1. The Labute approximate surface area is 227 Å². The number of benzene rings is 3. The molecule has 0 unspecified atom stereocenters. The van der Waals surface area contributed by atoms with E-state index in [0.717, 1.165) is 36.8 Å². The average Bonchev–Trinajstić information content (AvgIpc) is 3.37. The number of para-hydroxylation sites is 1. The van der Waals surface area contributed by atoms with Gasteiger partial charge < -0.3 is 20.1 Å². The van der Waals surface area contributed by atoms with E-state index in [4.69, 9.17) is 4.74 Å². The minimum atomic E-state index is -0.916. The number of nitrogens with one attached hydrogen (secondary N) is 1. The molecular formula is C30H33N5O4. The van der Waals surface area contributed by atoms with E-state index in [1.807, 2.05) is 48.5 Å². The molecule has 1 aromatic heterocycles. The highest BCUT2D eigenvalue weighted by atomic mass is 16.5. The Morgan fingerprint density at radius 1 is 1.05 bits per heavy atom. The van der Waals surface area contributed by atoms with Gasteiger partial charge in [0.2, 0.25) is 11.8 Å². The second-order valence-electron chi connectivity index (χ2n) is 9.95. The van der Waals surface area contributed by atoms with Crippen molar-refractivity contribution in [1.82, 2.24) is 25.2 Å². The lowest BCUT2D eigenvalue weighted by atomic mass is 9.94. The Balaban J connectivity index is 1.52. The van der Waals surface area contributed by atoms with Gasteiger partial charge in [-0.25, -0.2) is 4.68 Å². The van der Waals surface area contributed by atoms with Crippen LogP contribution < -0.4 is 10.1 Å². The molecular weight excluding hydrogens is 494 g/mol. The zero-order valence-corrected chi connectivity index (χ0v) is 22.0. The molecule has 9 heteroatoms. The first-order valence-corrected chi connectivity index (χ1v) is 13.3. The predicted molar refractivity (Wildman–Crippen MR) is 147 cm³/mol. The summed E-state index contributed by atoms with van der Waals surface area (Å²) in [6.45, 7) is 0.0854. The van der Waals surface area contributed by atoms with Crippen molar-refractivity contribution < 1.29 is 19.4 Å². The van der Waals surface area contributed by atoms with Crippen LogP contribution in [-0.4, -0.2) is 50.0 Å². The maximum Gasteiger partial charge on any atom is 0.247 e. The molecule has 0 saturated heterocycles. The highest BCUT2D eigenvalue weighted by Gasteiger charge is 2.33. The summed E-state index contributed by atoms with van der Waals surface area (Å²) in [5, 5.41) is 21.5. The van der Waals surface area contributed by atoms with Gasteiger partial charge in [-0.3, -0.25) is 9.59 Å². The number of nitrogens with zero attached hydrogens (tertiary/aromatic N) is 4. The molecule has 1 fully saturated rings. The molecule has 202 valence electrons. The Morgan fingerprint density at radius 3 is 2.59 bits per heavy atom. The van der Waals surface area contributed by atoms with Gasteiger partial charge in [-0.05, 0) is 60.4 Å². The normalized spacial score (nSPS) is 14.6. The molecule has 0 radical (unpaired) electrons. The lowest BCUT2D eigenvalue weighted by Gasteiger charge is -2.33. The van der Waals surface area contributed by atoms with Crippen molar-refractivity contribution in [3.8, 4) is 11.5 Å². The average molecular weight is 528 g/mol. The number of hydrogen-bond donors (Lipinski definition) is 2. The molecule has 0 bridgehead atoms. The number of methoxy groups -OCH3 is 1. The zero-order chi connectivity index (χ0) is 27.2. The second-order valence-corrected chi connectivity index (χ2v) is 9.95. The van der Waals surface area contributed by atoms with Gasteiger partial charge >= 0.3 is 0 Å². The van der Waals surface area contributed by atoms with Gasteiger partial charge in [0.05, 0.1) is 12.6 Å². The van der Waals surface area contributed by atoms with Gasteiger partial charge in [-0.1, -0.05) is 60.9 Å². The molecule has 3 aromatic carbocycles. The van der Waals surface area contributed by atoms with E-state index in [9.17, 15) is 14.7 Å². The van der Waals surface area contributed by atoms with Crippen molar-refractivity contribution in [3.63, 3.8) is 0 Å². The molecule has 9 nitrogen and oxygen atoms in total. The SMILES string of the molecule is COc1cccc(CN(C(=O)Cn2nnc3ccccc32)[C@@H](C(=O)NC2CCCCC2)c2ccc(O)cc2)c1. The van der Waals surface area contributed by atoms with E-state index in [1.165, 1.54) is 18.6 Å². The fourth-order valence-electron chi connectivity index (χ4n) is 5.20. The number of aromatic nitrogens is 3. The monoisotopic (exact) mass is 527 g/mol. The Morgan fingerprint density at radius 2 is 1.82 bits per heavy atom. The molecule has 1 saturated carbocycles. The Kier molecular flexibility index (Phi) is 8.05. The minimum absolute atomic E-state index is 0.0684. The summed E-state index contributed by atoms with van der Waals surface area (Å²) in [5.74, 6) is 0.220. The van der Waals surface area contributed by atoms with Crippen LogP contribution in [0.1, 0.15) is 49.3 Å². The van der Waals surface area contributed by atoms with Crippen molar-refractivity contribution in [2.24, 2.45) is 0 Å². The van der Waals surface area contributed by atoms with Gasteiger partial charge in [-0.2, -0.15) is 0 Å². The van der Waals surface area contributed by atoms with Crippen molar-refractivity contribution in [1.29, 1.82) is 0 Å². The Bertz CT molecular complexity index is 1430. The summed E-state index contributed by atoms with van der Waals surface area (Å²) in [7, 11) is 1.59. The van der Waals surface area contributed by atoms with E-state index in [-0.39, 0.29) is 36.7 Å². The quantitative estimate of drug-likeness (QED) is 0.335. The number of fused-ring (bicyclic) bond motifs is 1. The van der Waals surface area contributed by atoms with Crippen molar-refractivity contribution in [2.75, 3.05) is 7.11 Å². The van der Waals surface area contributed by atoms with Crippen LogP contribution in [0, 0.1) is 0 Å². The van der Waals surface area contributed by atoms with Crippen molar-refractivity contribution in [3.05, 3.63) is 83.9 Å². The number of ether oxygens (including phenoxy) is 1. The fraction of sp³-hybridized carbons (Fsp3) is 0.333. The number of hydrogen-bond acceptors (Lipinski definition) is 6. The van der Waals surface area contributed by atoms with Crippen molar-refractivity contribution in [2.45, 2.75) is 57.3 Å². The molecule has 1 heterocycles. The molecule has 4 aromatic rings. The van der Waals surface area contributed by atoms with Crippen LogP contribution in [0.15, 0.2) is 72.8 Å². The summed E-state index contributed by atoms with van der Waals surface area (Å²) in [4.78, 5) is 29.6. The number of carbonyl (C=O) groups is 2. The third-order valence-corrected chi connectivity index (χ3v) is 7.23. The minimum Gasteiger partial charge on any atom is -0.508 e. The smallest absolute Gasteiger partial charge is 0.247 e. The highest BCUT2D eigenvalue weighted by molar-refractivity contribution is 5.89. The first kappa shape index (κ1) is 26.2. The maximum atomic E-state index is 14.1. The number of carbonyl (C=O) groups excluding carboxylic acids is 2. The molecule has 5 rings (SSSR count). The third-order valence-electron chi connectivity index (χ3n) is 7.23. The van der Waals surface area contributed by atoms with Gasteiger partial charge in [0.25, 0.3) is 0 Å². The first-order chi connectivity index (χ1) is 19.0. The second kappa shape index (κ2) is 12.0. The molecule has 1 atom stereocenters. The summed E-state index contributed by atoms with van der Waals surface area (Å²) in [6, 6.07) is 20.5. The third kappa shape index (κ3) is 6.19. The summed E-state index contributed by atoms with van der Waals surface area (Å²) in [6.07, 6.45) is 5.15. The van der Waals surface area contributed by atoms with E-state index in [1.54, 1.807) is 28.8 Å². The van der Waals surface area contributed by atoms with Crippen LogP contribution in [0.4, 0.5) is 0 Å². The molecule has 0 aliphatic heterocycles. The highest BCUT2D eigenvalue weighted by Crippen LogP contribution is 2.28. The van der Waals surface area contributed by atoms with Crippen molar-refractivity contribution >= 4 is 22.8 Å². The first-order valence-electron chi connectivity index (χ1n) is 13.3. The number of phenolic OH excluding ortho intramolecular Hbond substituents is 1. The summed E-state index contributed by atoms with van der Waals surface area (Å²) >= 11 is 0. The van der Waals surface area contributed by atoms with Crippen LogP contribution in [0.25, 0.3) is 11.0 Å². The van der Waals surface area contributed by atoms with Crippen LogP contribution in [0.3, 0.4) is 0 Å². The zero-order valence-electron chi connectivity index (χ0n) is 22.0. The van der Waals surface area contributed by atoms with E-state index < -0.39 is 6.04 Å². The fourth-order valence-corrected chi connectivity index (χ4v) is 5.20. The largest absolute Gasteiger partial charge is 0.508 e. The predicted octanol–water partition coefficient (Wildman–Crippen LogP) is 4.36.